The molecule has 1 atom stereocenters. The first-order valence-corrected chi connectivity index (χ1v) is 6.64. The molecule has 0 fully saturated rings. The summed E-state index contributed by atoms with van der Waals surface area (Å²) < 4.78 is 0. The minimum Gasteiger partial charge on any atom is -0.481 e. The third-order valence-corrected chi connectivity index (χ3v) is 3.23. The summed E-state index contributed by atoms with van der Waals surface area (Å²) in [6.45, 7) is 1.81. The van der Waals surface area contributed by atoms with Gasteiger partial charge < -0.3 is 10.4 Å². The van der Waals surface area contributed by atoms with Crippen molar-refractivity contribution in [2.24, 2.45) is 0 Å². The van der Waals surface area contributed by atoms with Gasteiger partial charge in [-0.05, 0) is 31.9 Å². The third kappa shape index (κ3) is 5.09. The summed E-state index contributed by atoms with van der Waals surface area (Å²) in [5.41, 5.74) is 0.246. The van der Waals surface area contributed by atoms with Crippen molar-refractivity contribution in [3.8, 4) is 0 Å². The highest BCUT2D eigenvalue weighted by Crippen LogP contribution is 2.24. The number of carbonyl (C=O) groups excluding carboxylic acids is 1. The zero-order chi connectivity index (χ0) is 14.4. The Morgan fingerprint density at radius 3 is 2.42 bits per heavy atom. The Morgan fingerprint density at radius 1 is 1.32 bits per heavy atom. The van der Waals surface area contributed by atoms with Crippen molar-refractivity contribution >= 4 is 35.1 Å². The summed E-state index contributed by atoms with van der Waals surface area (Å²) >= 11 is 11.9. The number of amides is 1. The van der Waals surface area contributed by atoms with E-state index in [1.54, 1.807) is 18.2 Å². The lowest BCUT2D eigenvalue weighted by atomic mass is 10.1. The fraction of sp³-hybridized carbons (Fsp3) is 0.385. The Hall–Kier alpha value is -1.26. The van der Waals surface area contributed by atoms with Gasteiger partial charge in [0.1, 0.15) is 0 Å². The van der Waals surface area contributed by atoms with E-state index in [-0.39, 0.29) is 23.9 Å². The summed E-state index contributed by atoms with van der Waals surface area (Å²) in [4.78, 5) is 22.4. The van der Waals surface area contributed by atoms with Crippen LogP contribution in [-0.2, 0) is 4.79 Å². The second-order valence-corrected chi connectivity index (χ2v) is 5.07. The zero-order valence-corrected chi connectivity index (χ0v) is 12.0. The number of benzene rings is 1. The lowest BCUT2D eigenvalue weighted by Gasteiger charge is -2.14. The fourth-order valence-corrected chi connectivity index (χ4v) is 2.21. The van der Waals surface area contributed by atoms with Crippen LogP contribution in [0.4, 0.5) is 0 Å². The van der Waals surface area contributed by atoms with Crippen LogP contribution in [0, 0.1) is 0 Å². The van der Waals surface area contributed by atoms with Gasteiger partial charge in [-0.15, -0.1) is 0 Å². The molecule has 6 heteroatoms. The van der Waals surface area contributed by atoms with Crippen LogP contribution in [0.2, 0.25) is 10.0 Å². The molecule has 0 aromatic heterocycles. The average molecular weight is 304 g/mol. The first-order valence-electron chi connectivity index (χ1n) is 5.88. The van der Waals surface area contributed by atoms with Gasteiger partial charge in [0.25, 0.3) is 5.91 Å². The molecule has 0 aliphatic carbocycles. The maximum Gasteiger partial charge on any atom is 0.303 e. The summed E-state index contributed by atoms with van der Waals surface area (Å²) in [6, 6.07) is 4.71. The molecule has 0 spiro atoms. The van der Waals surface area contributed by atoms with Crippen LogP contribution in [0.1, 0.15) is 36.5 Å². The van der Waals surface area contributed by atoms with E-state index in [1.807, 2.05) is 6.92 Å². The van der Waals surface area contributed by atoms with Gasteiger partial charge in [-0.2, -0.15) is 0 Å². The maximum absolute atomic E-state index is 12.0. The smallest absolute Gasteiger partial charge is 0.303 e. The van der Waals surface area contributed by atoms with Crippen molar-refractivity contribution < 1.29 is 14.7 Å². The average Bonchev–Trinajstić information content (AvgIpc) is 2.27. The van der Waals surface area contributed by atoms with Crippen LogP contribution in [0.15, 0.2) is 18.2 Å². The number of carboxylic acids is 1. The number of hydrogen-bond donors (Lipinski definition) is 2. The van der Waals surface area contributed by atoms with E-state index in [1.165, 1.54) is 0 Å². The van der Waals surface area contributed by atoms with Gasteiger partial charge >= 0.3 is 5.97 Å². The predicted molar refractivity (Wildman–Crippen MR) is 74.9 cm³/mol. The number of nitrogens with one attached hydrogen (secondary N) is 1. The van der Waals surface area contributed by atoms with Gasteiger partial charge in [0.2, 0.25) is 0 Å². The van der Waals surface area contributed by atoms with Gasteiger partial charge in [-0.3, -0.25) is 9.59 Å². The van der Waals surface area contributed by atoms with E-state index in [2.05, 4.69) is 5.32 Å². The molecule has 1 amide bonds. The molecule has 1 aromatic carbocycles. The molecule has 0 radical (unpaired) electrons. The second kappa shape index (κ2) is 7.36. The topological polar surface area (TPSA) is 66.4 Å². The molecule has 0 aliphatic heterocycles. The number of halogens is 2. The molecule has 0 saturated heterocycles. The molecule has 1 rings (SSSR count). The lowest BCUT2D eigenvalue weighted by Crippen LogP contribution is -2.33. The van der Waals surface area contributed by atoms with Crippen molar-refractivity contribution in [2.45, 2.75) is 32.2 Å². The van der Waals surface area contributed by atoms with Crippen LogP contribution >= 0.6 is 23.2 Å². The highest BCUT2D eigenvalue weighted by atomic mass is 35.5. The number of aliphatic carboxylic acids is 1. The van der Waals surface area contributed by atoms with E-state index < -0.39 is 5.97 Å². The normalized spacial score (nSPS) is 11.9. The molecule has 0 saturated carbocycles. The molecule has 0 aliphatic rings. The Labute approximate surface area is 121 Å². The van der Waals surface area contributed by atoms with Crippen LogP contribution in [0.3, 0.4) is 0 Å². The largest absolute Gasteiger partial charge is 0.481 e. The van der Waals surface area contributed by atoms with Crippen molar-refractivity contribution in [1.29, 1.82) is 0 Å². The highest BCUT2D eigenvalue weighted by Gasteiger charge is 2.16. The lowest BCUT2D eigenvalue weighted by molar-refractivity contribution is -0.137. The Bertz CT molecular complexity index is 457. The van der Waals surface area contributed by atoms with Crippen LogP contribution in [-0.4, -0.2) is 23.0 Å². The first-order chi connectivity index (χ1) is 8.91. The molecule has 19 heavy (non-hydrogen) atoms. The second-order valence-electron chi connectivity index (χ2n) is 4.26. The maximum atomic E-state index is 12.0. The number of carbonyl (C=O) groups is 2. The molecular weight excluding hydrogens is 289 g/mol. The van der Waals surface area contributed by atoms with E-state index in [0.717, 1.165) is 0 Å². The first kappa shape index (κ1) is 15.8. The van der Waals surface area contributed by atoms with Crippen molar-refractivity contribution in [3.05, 3.63) is 33.8 Å². The van der Waals surface area contributed by atoms with E-state index >= 15 is 0 Å². The molecular formula is C13H15Cl2NO3. The third-order valence-electron chi connectivity index (χ3n) is 2.60. The van der Waals surface area contributed by atoms with Crippen molar-refractivity contribution in [1.82, 2.24) is 5.32 Å². The van der Waals surface area contributed by atoms with E-state index in [0.29, 0.717) is 22.9 Å². The molecule has 104 valence electrons. The summed E-state index contributed by atoms with van der Waals surface area (Å²) in [5.74, 6) is -1.19. The van der Waals surface area contributed by atoms with Gasteiger partial charge in [-0.25, -0.2) is 0 Å². The minimum atomic E-state index is -0.840. The summed E-state index contributed by atoms with van der Waals surface area (Å²) in [7, 11) is 0. The molecule has 1 unspecified atom stereocenters. The quantitative estimate of drug-likeness (QED) is 0.847. The molecule has 1 aromatic rings. The van der Waals surface area contributed by atoms with E-state index in [9.17, 15) is 9.59 Å². The van der Waals surface area contributed by atoms with Gasteiger partial charge in [-0.1, -0.05) is 29.3 Å². The van der Waals surface area contributed by atoms with E-state index in [4.69, 9.17) is 28.3 Å². The number of rotatable bonds is 6. The van der Waals surface area contributed by atoms with Crippen molar-refractivity contribution in [3.63, 3.8) is 0 Å². The number of hydrogen-bond acceptors (Lipinski definition) is 2. The number of carboxylic acid groups (broad SMARTS) is 1. The summed E-state index contributed by atoms with van der Waals surface area (Å²) in [5, 5.41) is 11.9. The predicted octanol–water partition coefficient (Wildman–Crippen LogP) is 3.37. The Balaban J connectivity index is 2.57. The summed E-state index contributed by atoms with van der Waals surface area (Å²) in [6.07, 6.45) is 1.18. The monoisotopic (exact) mass is 303 g/mol. The molecule has 4 nitrogen and oxygen atoms in total. The van der Waals surface area contributed by atoms with Gasteiger partial charge in [0.15, 0.2) is 0 Å². The van der Waals surface area contributed by atoms with Crippen LogP contribution < -0.4 is 5.32 Å². The minimum absolute atomic E-state index is 0.0903. The molecule has 2 N–H and O–H groups in total. The van der Waals surface area contributed by atoms with Gasteiger partial charge in [0.05, 0.1) is 15.6 Å². The highest BCUT2D eigenvalue weighted by molar-refractivity contribution is 6.39. The fourth-order valence-electron chi connectivity index (χ4n) is 1.64. The molecule has 0 bridgehead atoms. The zero-order valence-electron chi connectivity index (χ0n) is 10.5. The SMILES string of the molecule is CC(CCCC(=O)O)NC(=O)c1c(Cl)cccc1Cl. The van der Waals surface area contributed by atoms with Crippen LogP contribution in [0.5, 0.6) is 0 Å². The van der Waals surface area contributed by atoms with Gasteiger partial charge in [0, 0.05) is 12.5 Å². The standard InChI is InChI=1S/C13H15Cl2NO3/c1-8(4-2-7-11(17)18)16-13(19)12-9(14)5-3-6-10(12)15/h3,5-6,8H,2,4,7H2,1H3,(H,16,19)(H,17,18). The Kier molecular flexibility index (Phi) is 6.12. The molecule has 0 heterocycles. The van der Waals surface area contributed by atoms with Crippen LogP contribution in [0.25, 0.3) is 0 Å². The van der Waals surface area contributed by atoms with Crippen molar-refractivity contribution in [2.75, 3.05) is 0 Å². The Morgan fingerprint density at radius 2 is 1.89 bits per heavy atom.